The topological polar surface area (TPSA) is 241 Å². The van der Waals surface area contributed by atoms with Gasteiger partial charge in [-0.1, -0.05) is 73.5 Å². The van der Waals surface area contributed by atoms with Gasteiger partial charge in [0.2, 0.25) is 0 Å². The molecular formula is C44H36Br4N2O10PtS2+2. The van der Waals surface area contributed by atoms with Crippen LogP contribution in [0.4, 0.5) is 0 Å². The molecule has 1 saturated carbocycles. The molecule has 0 amide bonds. The van der Waals surface area contributed by atoms with Gasteiger partial charge in [0.25, 0.3) is 0 Å². The van der Waals surface area contributed by atoms with Crippen LogP contribution in [0.2, 0.25) is 0 Å². The van der Waals surface area contributed by atoms with Crippen LogP contribution < -0.4 is 11.5 Å². The Balaban J connectivity index is 0.000000232. The molecule has 63 heavy (non-hydrogen) atoms. The number of benzene rings is 4. The summed E-state index contributed by atoms with van der Waals surface area (Å²) in [5.41, 5.74) is 14.8. The Morgan fingerprint density at radius 2 is 0.921 bits per heavy atom. The van der Waals surface area contributed by atoms with Crippen molar-refractivity contribution in [2.75, 3.05) is 0 Å². The third kappa shape index (κ3) is 13.6. The van der Waals surface area contributed by atoms with Crippen molar-refractivity contribution in [2.24, 2.45) is 11.5 Å². The van der Waals surface area contributed by atoms with Crippen molar-refractivity contribution in [1.29, 1.82) is 0 Å². The van der Waals surface area contributed by atoms with E-state index in [0.717, 1.165) is 12.8 Å². The molecule has 2 unspecified atom stereocenters. The molecule has 4 aromatic rings. The van der Waals surface area contributed by atoms with Crippen molar-refractivity contribution in [3.63, 3.8) is 0 Å². The summed E-state index contributed by atoms with van der Waals surface area (Å²) >= 11 is 12.9. The fourth-order valence-corrected chi connectivity index (χ4v) is 9.45. The van der Waals surface area contributed by atoms with E-state index in [2.05, 4.69) is 63.7 Å². The number of carbonyl (C=O) groups is 2. The number of ketones is 2. The molecule has 0 radical (unpaired) electrons. The number of rotatable bonds is 6. The van der Waals surface area contributed by atoms with Gasteiger partial charge >= 0.3 is 21.1 Å². The summed E-state index contributed by atoms with van der Waals surface area (Å²) in [6.45, 7) is 0. The van der Waals surface area contributed by atoms with Crippen LogP contribution in [0.5, 0.6) is 11.5 Å². The minimum absolute atomic E-state index is 0. The predicted octanol–water partition coefficient (Wildman–Crippen LogP) is 8.77. The van der Waals surface area contributed by atoms with Gasteiger partial charge in [0.05, 0.1) is 27.7 Å². The Bertz CT molecular complexity index is 2660. The zero-order valence-corrected chi connectivity index (χ0v) is 42.7. The summed E-state index contributed by atoms with van der Waals surface area (Å²) in [5, 5.41) is 19.6. The van der Waals surface area contributed by atoms with E-state index in [1.165, 1.54) is 73.5 Å². The van der Waals surface area contributed by atoms with Crippen LogP contribution in [0.15, 0.2) is 160 Å². The molecule has 330 valence electrons. The van der Waals surface area contributed by atoms with Gasteiger partial charge in [-0.05, 0) is 171 Å². The predicted molar refractivity (Wildman–Crippen MR) is 249 cm³/mol. The van der Waals surface area contributed by atoms with E-state index in [-0.39, 0.29) is 77.1 Å². The van der Waals surface area contributed by atoms with Crippen molar-refractivity contribution in [1.82, 2.24) is 0 Å². The number of hydrogen-bond donors (Lipinski definition) is 4. The Kier molecular flexibility index (Phi) is 18.8. The zero-order valence-electron chi connectivity index (χ0n) is 32.5. The summed E-state index contributed by atoms with van der Waals surface area (Å²) in [7, 11) is -9.47. The molecule has 4 aromatic carbocycles. The van der Waals surface area contributed by atoms with Crippen molar-refractivity contribution in [2.45, 2.75) is 47.6 Å². The van der Waals surface area contributed by atoms with E-state index in [1.807, 2.05) is 0 Å². The zero-order chi connectivity index (χ0) is 45.5. The van der Waals surface area contributed by atoms with Gasteiger partial charge in [-0.15, -0.1) is 0 Å². The van der Waals surface area contributed by atoms with Gasteiger partial charge in [-0.25, -0.2) is 16.8 Å². The SMILES string of the molecule is NC1CCCCC1N.O=C1C=C/C(=C(/c2ccc(O)c(Br)c2)c2ccccc2S(=O)(=O)[O-])C=C1Br.O=C1C=C/C(=C(/c2ccc(O)c(Br)c2)c2ccccc2S(=O)(=O)[O-])C=C1Br.[Pt+4]. The van der Waals surface area contributed by atoms with Crippen LogP contribution in [0.3, 0.4) is 0 Å². The minimum Gasteiger partial charge on any atom is -0.744 e. The first kappa shape index (κ1) is 52.2. The van der Waals surface area contributed by atoms with E-state index in [4.69, 9.17) is 11.5 Å². The van der Waals surface area contributed by atoms with Crippen molar-refractivity contribution >= 4 is 107 Å². The third-order valence-corrected chi connectivity index (χ3v) is 13.9. The second-order valence-electron chi connectivity index (χ2n) is 13.9. The number of phenols is 2. The van der Waals surface area contributed by atoms with Crippen molar-refractivity contribution < 1.29 is 66.8 Å². The average molecular weight is 1330 g/mol. The molecule has 0 saturated heterocycles. The van der Waals surface area contributed by atoms with Gasteiger partial charge in [0, 0.05) is 23.2 Å². The Morgan fingerprint density at radius 1 is 0.571 bits per heavy atom. The molecule has 0 aliphatic heterocycles. The molecule has 0 spiro atoms. The number of allylic oxidation sites excluding steroid dienone is 10. The molecule has 0 aromatic heterocycles. The second kappa shape index (κ2) is 22.7. The molecular weight excluding hydrogens is 1300 g/mol. The maximum absolute atomic E-state index is 11.8. The van der Waals surface area contributed by atoms with E-state index in [9.17, 15) is 45.7 Å². The molecule has 12 nitrogen and oxygen atoms in total. The summed E-state index contributed by atoms with van der Waals surface area (Å²) < 4.78 is 72.1. The van der Waals surface area contributed by atoms with E-state index < -0.39 is 20.2 Å². The Hall–Kier alpha value is -3.39. The van der Waals surface area contributed by atoms with Gasteiger partial charge in [0.15, 0.2) is 11.6 Å². The minimum atomic E-state index is -4.74. The van der Waals surface area contributed by atoms with Crippen LogP contribution in [0.1, 0.15) is 47.9 Å². The average Bonchev–Trinajstić information content (AvgIpc) is 3.22. The Labute approximate surface area is 412 Å². The summed E-state index contributed by atoms with van der Waals surface area (Å²) in [4.78, 5) is 22.8. The number of nitrogens with two attached hydrogens (primary N) is 2. The largest absolute Gasteiger partial charge is 4.00 e. The number of halogens is 4. The molecule has 3 aliphatic rings. The van der Waals surface area contributed by atoms with Crippen LogP contribution >= 0.6 is 63.7 Å². The number of hydrogen-bond acceptors (Lipinski definition) is 12. The van der Waals surface area contributed by atoms with Gasteiger partial charge in [-0.3, -0.25) is 9.59 Å². The summed E-state index contributed by atoms with van der Waals surface area (Å²) in [6, 6.07) is 21.6. The van der Waals surface area contributed by atoms with E-state index in [1.54, 1.807) is 60.7 Å². The summed E-state index contributed by atoms with van der Waals surface area (Å²) in [6.07, 6.45) is 13.7. The molecule has 7 rings (SSSR count). The maximum atomic E-state index is 11.8. The first-order valence-electron chi connectivity index (χ1n) is 18.4. The smallest absolute Gasteiger partial charge is 0.744 e. The maximum Gasteiger partial charge on any atom is 4.00 e. The normalized spacial score (nSPS) is 19.0. The fourth-order valence-electron chi connectivity index (χ4n) is 6.56. The first-order valence-corrected chi connectivity index (χ1v) is 24.4. The monoisotopic (exact) mass is 1330 g/mol. The van der Waals surface area contributed by atoms with Crippen LogP contribution in [-0.4, -0.2) is 59.8 Å². The molecule has 19 heteroatoms. The van der Waals surface area contributed by atoms with Crippen molar-refractivity contribution in [3.8, 4) is 11.5 Å². The molecule has 0 bridgehead atoms. The molecule has 6 N–H and O–H groups in total. The number of aromatic hydroxyl groups is 2. The molecule has 0 heterocycles. The van der Waals surface area contributed by atoms with Crippen molar-refractivity contribution in [3.05, 3.63) is 173 Å². The van der Waals surface area contributed by atoms with Crippen LogP contribution in [0.25, 0.3) is 11.1 Å². The fraction of sp³-hybridized carbons (Fsp3) is 0.136. The molecule has 2 atom stereocenters. The Morgan fingerprint density at radius 3 is 1.22 bits per heavy atom. The first-order chi connectivity index (χ1) is 29.2. The molecule has 1 fully saturated rings. The second-order valence-corrected chi connectivity index (χ2v) is 20.0. The number of phenolic OH excluding ortho intramolecular Hbond substituents is 2. The van der Waals surface area contributed by atoms with E-state index in [0.29, 0.717) is 51.3 Å². The van der Waals surface area contributed by atoms with Gasteiger partial charge < -0.3 is 30.8 Å². The van der Waals surface area contributed by atoms with Gasteiger partial charge in [0.1, 0.15) is 31.7 Å². The molecule has 3 aliphatic carbocycles. The quantitative estimate of drug-likeness (QED) is 0.133. The summed E-state index contributed by atoms with van der Waals surface area (Å²) in [5.74, 6) is -0.428. The number of carbonyl (C=O) groups excluding carboxylic acids is 2. The van der Waals surface area contributed by atoms with Crippen LogP contribution in [-0.2, 0) is 50.9 Å². The third-order valence-electron chi connectivity index (χ3n) is 9.64. The van der Waals surface area contributed by atoms with Crippen LogP contribution in [0, 0.1) is 0 Å². The standard InChI is InChI=1S/2C19H12Br2O5S.C6H14N2.Pt/c2*20-14-9-11(5-7-16(14)22)19(12-6-8-17(23)15(21)10-12)13-3-1-2-4-18(13)27(24,25)26;7-5-3-1-2-4-6(5)8;/h2*1-10,22H,(H,24,25,26);5-6H,1-4,7-8H2;/q;;;+4/p-2/b2*19-12+;;. The van der Waals surface area contributed by atoms with E-state index >= 15 is 0 Å². The van der Waals surface area contributed by atoms with Gasteiger partial charge in [-0.2, -0.15) is 0 Å².